The van der Waals surface area contributed by atoms with Crippen molar-refractivity contribution in [1.82, 2.24) is 10.2 Å². The smallest absolute Gasteiger partial charge is 0.445 e. The van der Waals surface area contributed by atoms with Crippen LogP contribution in [0.5, 0.6) is 5.75 Å². The molecule has 1 N–H and O–H groups in total. The van der Waals surface area contributed by atoms with Crippen LogP contribution in [0.15, 0.2) is 24.3 Å². The third-order valence-corrected chi connectivity index (χ3v) is 4.16. The first-order valence-electron chi connectivity index (χ1n) is 7.45. The molecule has 9 heteroatoms. The monoisotopic (exact) mass is 373 g/mol. The fourth-order valence-electron chi connectivity index (χ4n) is 1.89. The van der Waals surface area contributed by atoms with Gasteiger partial charge >= 0.3 is 6.18 Å². The van der Waals surface area contributed by atoms with E-state index < -0.39 is 23.2 Å². The number of aromatic nitrogens is 2. The molecule has 0 spiro atoms. The van der Waals surface area contributed by atoms with E-state index in [4.69, 9.17) is 4.74 Å². The largest absolute Gasteiger partial charge is 0.481 e. The summed E-state index contributed by atoms with van der Waals surface area (Å²) >= 11 is 0.263. The summed E-state index contributed by atoms with van der Waals surface area (Å²) < 4.78 is 43.0. The van der Waals surface area contributed by atoms with E-state index in [0.29, 0.717) is 5.75 Å². The van der Waals surface area contributed by atoms with Crippen molar-refractivity contribution in [2.24, 2.45) is 0 Å². The van der Waals surface area contributed by atoms with Gasteiger partial charge in [0.15, 0.2) is 6.10 Å². The third kappa shape index (κ3) is 5.15. The summed E-state index contributed by atoms with van der Waals surface area (Å²) in [7, 11) is 0. The topological polar surface area (TPSA) is 64.1 Å². The van der Waals surface area contributed by atoms with Crippen molar-refractivity contribution in [2.75, 3.05) is 5.32 Å². The molecule has 136 valence electrons. The summed E-state index contributed by atoms with van der Waals surface area (Å²) in [6, 6.07) is 7.32. The number of amides is 1. The Labute approximate surface area is 147 Å². The minimum atomic E-state index is -4.59. The molecule has 1 atom stereocenters. The van der Waals surface area contributed by atoms with E-state index in [2.05, 4.69) is 36.3 Å². The predicted molar refractivity (Wildman–Crippen MR) is 88.8 cm³/mol. The van der Waals surface area contributed by atoms with E-state index in [0.717, 1.165) is 5.56 Å². The fourth-order valence-corrected chi connectivity index (χ4v) is 2.50. The lowest BCUT2D eigenvalue weighted by Gasteiger charge is -2.20. The number of hydrogen-bond acceptors (Lipinski definition) is 5. The van der Waals surface area contributed by atoms with Crippen LogP contribution in [0.25, 0.3) is 0 Å². The van der Waals surface area contributed by atoms with Gasteiger partial charge in [0, 0.05) is 0 Å². The minimum Gasteiger partial charge on any atom is -0.481 e. The number of hydrogen-bond donors (Lipinski definition) is 1. The van der Waals surface area contributed by atoms with Gasteiger partial charge < -0.3 is 4.74 Å². The summed E-state index contributed by atoms with van der Waals surface area (Å²) in [5.74, 6) is -0.102. The Bertz CT molecular complexity index is 754. The molecule has 0 aliphatic heterocycles. The van der Waals surface area contributed by atoms with Crippen LogP contribution in [0.2, 0.25) is 0 Å². The molecule has 1 aromatic heterocycles. The van der Waals surface area contributed by atoms with Gasteiger partial charge in [0.1, 0.15) is 5.75 Å². The standard InChI is InChI=1S/C16H18F3N3O2S/c1-9(24-11-7-5-6-10(8-11)15(2,3)4)12(23)20-14-22-21-13(25-14)16(17,18)19/h5-9H,1-4H3,(H,20,22,23). The van der Waals surface area contributed by atoms with Crippen LogP contribution in [0.1, 0.15) is 38.3 Å². The zero-order valence-electron chi connectivity index (χ0n) is 14.1. The molecule has 0 radical (unpaired) electrons. The first-order chi connectivity index (χ1) is 11.5. The molecule has 1 aromatic carbocycles. The SMILES string of the molecule is CC(Oc1cccc(C(C)(C)C)c1)C(=O)Nc1nnc(C(F)(F)F)s1. The molecule has 1 heterocycles. The van der Waals surface area contributed by atoms with Gasteiger partial charge in [0.2, 0.25) is 10.1 Å². The van der Waals surface area contributed by atoms with Crippen molar-refractivity contribution in [3.05, 3.63) is 34.8 Å². The van der Waals surface area contributed by atoms with Crippen LogP contribution >= 0.6 is 11.3 Å². The Balaban J connectivity index is 2.02. The van der Waals surface area contributed by atoms with Crippen LogP contribution in [-0.2, 0) is 16.4 Å². The minimum absolute atomic E-state index is 0.0780. The number of anilines is 1. The van der Waals surface area contributed by atoms with Gasteiger partial charge in [-0.15, -0.1) is 10.2 Å². The highest BCUT2D eigenvalue weighted by Gasteiger charge is 2.36. The Morgan fingerprint density at radius 2 is 1.92 bits per heavy atom. The summed E-state index contributed by atoms with van der Waals surface area (Å²) in [6.07, 6.45) is -5.50. The highest BCUT2D eigenvalue weighted by Crippen LogP contribution is 2.33. The number of carbonyl (C=O) groups is 1. The maximum atomic E-state index is 12.5. The van der Waals surface area contributed by atoms with Crippen molar-refractivity contribution in [3.8, 4) is 5.75 Å². The number of nitrogens with zero attached hydrogens (tertiary/aromatic N) is 2. The molecule has 2 aromatic rings. The number of nitrogens with one attached hydrogen (secondary N) is 1. The Kier molecular flexibility index (Phi) is 5.36. The lowest BCUT2D eigenvalue weighted by Crippen LogP contribution is -2.30. The zero-order valence-corrected chi connectivity index (χ0v) is 15.0. The molecule has 2 rings (SSSR count). The molecule has 0 saturated heterocycles. The number of halogens is 3. The number of alkyl halides is 3. The average Bonchev–Trinajstić information content (AvgIpc) is 2.95. The maximum absolute atomic E-state index is 12.5. The second kappa shape index (κ2) is 6.99. The van der Waals surface area contributed by atoms with Crippen molar-refractivity contribution in [1.29, 1.82) is 0 Å². The first kappa shape index (κ1) is 19.2. The highest BCUT2D eigenvalue weighted by atomic mass is 32.1. The van der Waals surface area contributed by atoms with Crippen LogP contribution < -0.4 is 10.1 Å². The van der Waals surface area contributed by atoms with Crippen LogP contribution in [0, 0.1) is 0 Å². The van der Waals surface area contributed by atoms with Crippen LogP contribution in [0.3, 0.4) is 0 Å². The summed E-state index contributed by atoms with van der Waals surface area (Å²) in [4.78, 5) is 12.1. The quantitative estimate of drug-likeness (QED) is 0.870. The number of benzene rings is 1. The van der Waals surface area contributed by atoms with Crippen LogP contribution in [-0.4, -0.2) is 22.2 Å². The van der Waals surface area contributed by atoms with Crippen molar-refractivity contribution in [2.45, 2.75) is 45.4 Å². The normalized spacial score (nSPS) is 13.4. The molecule has 0 fully saturated rings. The van der Waals surface area contributed by atoms with Gasteiger partial charge in [-0.1, -0.05) is 44.2 Å². The molecule has 1 amide bonds. The molecule has 0 bridgehead atoms. The molecule has 0 saturated carbocycles. The van der Waals surface area contributed by atoms with Crippen molar-refractivity contribution in [3.63, 3.8) is 0 Å². The van der Waals surface area contributed by atoms with Gasteiger partial charge in [0.05, 0.1) is 0 Å². The maximum Gasteiger partial charge on any atom is 0.445 e. The lowest BCUT2D eigenvalue weighted by molar-refractivity contribution is -0.138. The molecule has 25 heavy (non-hydrogen) atoms. The zero-order chi connectivity index (χ0) is 18.8. The summed E-state index contributed by atoms with van der Waals surface area (Å²) in [5.41, 5.74) is 0.961. The second-order valence-electron chi connectivity index (χ2n) is 6.44. The highest BCUT2D eigenvalue weighted by molar-refractivity contribution is 7.15. The van der Waals surface area contributed by atoms with E-state index in [1.54, 1.807) is 6.07 Å². The van der Waals surface area contributed by atoms with Gasteiger partial charge in [-0.2, -0.15) is 13.2 Å². The Morgan fingerprint density at radius 1 is 1.24 bits per heavy atom. The van der Waals surface area contributed by atoms with Gasteiger partial charge in [-0.3, -0.25) is 10.1 Å². The number of ether oxygens (including phenoxy) is 1. The van der Waals surface area contributed by atoms with E-state index in [9.17, 15) is 18.0 Å². The average molecular weight is 373 g/mol. The fraction of sp³-hybridized carbons (Fsp3) is 0.438. The molecule has 5 nitrogen and oxygen atoms in total. The van der Waals surface area contributed by atoms with E-state index >= 15 is 0 Å². The molecular weight excluding hydrogens is 355 g/mol. The first-order valence-corrected chi connectivity index (χ1v) is 8.27. The predicted octanol–water partition coefficient (Wildman–Crippen LogP) is 4.26. The van der Waals surface area contributed by atoms with Crippen molar-refractivity contribution >= 4 is 22.4 Å². The Morgan fingerprint density at radius 3 is 2.48 bits per heavy atom. The van der Waals surface area contributed by atoms with E-state index in [1.165, 1.54) is 6.92 Å². The van der Waals surface area contributed by atoms with Gasteiger partial charge in [-0.25, -0.2) is 0 Å². The molecule has 0 aliphatic carbocycles. The molecular formula is C16H18F3N3O2S. The molecule has 1 unspecified atom stereocenters. The number of carbonyl (C=O) groups excluding carboxylic acids is 1. The van der Waals surface area contributed by atoms with Crippen LogP contribution in [0.4, 0.5) is 18.3 Å². The number of rotatable bonds is 4. The van der Waals surface area contributed by atoms with Gasteiger partial charge in [-0.05, 0) is 30.0 Å². The Hall–Kier alpha value is -2.16. The summed E-state index contributed by atoms with van der Waals surface area (Å²) in [6.45, 7) is 7.66. The van der Waals surface area contributed by atoms with Crippen molar-refractivity contribution < 1.29 is 22.7 Å². The second-order valence-corrected chi connectivity index (χ2v) is 7.41. The third-order valence-electron chi connectivity index (χ3n) is 3.28. The molecule has 0 aliphatic rings. The van der Waals surface area contributed by atoms with E-state index in [1.807, 2.05) is 18.2 Å². The summed E-state index contributed by atoms with van der Waals surface area (Å²) in [5, 5.41) is 7.27. The lowest BCUT2D eigenvalue weighted by atomic mass is 9.87. The van der Waals surface area contributed by atoms with E-state index in [-0.39, 0.29) is 21.9 Å². The van der Waals surface area contributed by atoms with Gasteiger partial charge in [0.25, 0.3) is 5.91 Å².